The number of ether oxygens (including phenoxy) is 2. The number of aromatic nitrogens is 4. The first-order valence-electron chi connectivity index (χ1n) is 6.41. The first kappa shape index (κ1) is 13.9. The minimum Gasteiger partial charge on any atom is -0.381 e. The van der Waals surface area contributed by atoms with Crippen LogP contribution in [0.15, 0.2) is 0 Å². The molecule has 1 aromatic heterocycles. The third-order valence-electron chi connectivity index (χ3n) is 2.90. The maximum atomic E-state index is 12.0. The van der Waals surface area contributed by atoms with Crippen LogP contribution in [0, 0.1) is 0 Å². The summed E-state index contributed by atoms with van der Waals surface area (Å²) < 4.78 is 10.8. The maximum Gasteiger partial charge on any atom is 0.225 e. The number of hydrogen-bond acceptors (Lipinski definition) is 6. The van der Waals surface area contributed by atoms with Crippen LogP contribution in [0.2, 0.25) is 0 Å². The molecule has 8 heteroatoms. The third-order valence-corrected chi connectivity index (χ3v) is 2.90. The van der Waals surface area contributed by atoms with E-state index in [0.717, 1.165) is 0 Å². The zero-order chi connectivity index (χ0) is 13.7. The minimum atomic E-state index is -0.293. The molecule has 2 heterocycles. The molecule has 1 saturated heterocycles. The van der Waals surface area contributed by atoms with Crippen molar-refractivity contribution in [2.24, 2.45) is 7.05 Å². The fourth-order valence-electron chi connectivity index (χ4n) is 1.92. The summed E-state index contributed by atoms with van der Waals surface area (Å²) in [5, 5.41) is 11.8. The highest BCUT2D eigenvalue weighted by atomic mass is 16.5. The molecule has 0 saturated carbocycles. The van der Waals surface area contributed by atoms with Crippen molar-refractivity contribution in [3.05, 3.63) is 5.82 Å². The number of morpholine rings is 1. The molecule has 8 nitrogen and oxygen atoms in total. The predicted molar refractivity (Wildman–Crippen MR) is 65.2 cm³/mol. The van der Waals surface area contributed by atoms with Crippen molar-refractivity contribution in [1.29, 1.82) is 0 Å². The van der Waals surface area contributed by atoms with Crippen LogP contribution < -0.4 is 0 Å². The quantitative estimate of drug-likeness (QED) is 0.672. The molecule has 0 aromatic carbocycles. The Bertz CT molecular complexity index is 422. The van der Waals surface area contributed by atoms with Gasteiger partial charge in [0.2, 0.25) is 11.7 Å². The van der Waals surface area contributed by atoms with Gasteiger partial charge in [-0.3, -0.25) is 4.79 Å². The fraction of sp³-hybridized carbons (Fsp3) is 0.818. The first-order chi connectivity index (χ1) is 9.20. The van der Waals surface area contributed by atoms with Crippen LogP contribution in [0.1, 0.15) is 25.3 Å². The summed E-state index contributed by atoms with van der Waals surface area (Å²) in [6.07, 6.45) is 0.104. The number of amides is 1. The van der Waals surface area contributed by atoms with Gasteiger partial charge in [-0.05, 0) is 12.1 Å². The average molecular weight is 269 g/mol. The topological polar surface area (TPSA) is 82.4 Å². The molecule has 1 amide bonds. The summed E-state index contributed by atoms with van der Waals surface area (Å²) in [6.45, 7) is 4.56. The monoisotopic (exact) mass is 269 g/mol. The standard InChI is InChI=1S/C11H19N5O3/c1-3-18-6-4-10(17)16-5-7-19-9(8-16)11-12-14-15(2)13-11/h9H,3-8H2,1-2H3. The van der Waals surface area contributed by atoms with Crippen LogP contribution in [-0.2, 0) is 21.3 Å². The molecule has 1 atom stereocenters. The number of aryl methyl sites for hydroxylation is 1. The van der Waals surface area contributed by atoms with Gasteiger partial charge in [0.15, 0.2) is 0 Å². The molecule has 19 heavy (non-hydrogen) atoms. The highest BCUT2D eigenvalue weighted by Crippen LogP contribution is 2.18. The van der Waals surface area contributed by atoms with Gasteiger partial charge in [-0.1, -0.05) is 0 Å². The van der Waals surface area contributed by atoms with Gasteiger partial charge < -0.3 is 14.4 Å². The zero-order valence-corrected chi connectivity index (χ0v) is 11.3. The van der Waals surface area contributed by atoms with E-state index in [9.17, 15) is 4.79 Å². The van der Waals surface area contributed by atoms with E-state index in [1.54, 1.807) is 11.9 Å². The molecule has 0 aliphatic carbocycles. The van der Waals surface area contributed by atoms with Gasteiger partial charge in [-0.2, -0.15) is 4.80 Å². The van der Waals surface area contributed by atoms with Crippen LogP contribution in [0.3, 0.4) is 0 Å². The van der Waals surface area contributed by atoms with Gasteiger partial charge in [0.25, 0.3) is 0 Å². The van der Waals surface area contributed by atoms with Crippen molar-refractivity contribution in [1.82, 2.24) is 25.1 Å². The summed E-state index contributed by atoms with van der Waals surface area (Å²) in [7, 11) is 1.70. The lowest BCUT2D eigenvalue weighted by molar-refractivity contribution is -0.140. The van der Waals surface area contributed by atoms with Crippen molar-refractivity contribution >= 4 is 5.91 Å². The Hall–Kier alpha value is -1.54. The Balaban J connectivity index is 1.88. The van der Waals surface area contributed by atoms with Crippen LogP contribution in [-0.4, -0.2) is 63.9 Å². The van der Waals surface area contributed by atoms with Gasteiger partial charge >= 0.3 is 0 Å². The molecule has 0 radical (unpaired) electrons. The lowest BCUT2D eigenvalue weighted by atomic mass is 10.2. The number of hydrogen-bond donors (Lipinski definition) is 0. The van der Waals surface area contributed by atoms with E-state index in [4.69, 9.17) is 9.47 Å². The molecule has 1 aliphatic heterocycles. The highest BCUT2D eigenvalue weighted by molar-refractivity contribution is 5.76. The van der Waals surface area contributed by atoms with E-state index in [1.807, 2.05) is 6.92 Å². The molecule has 1 unspecified atom stereocenters. The maximum absolute atomic E-state index is 12.0. The number of carbonyl (C=O) groups is 1. The second-order valence-electron chi connectivity index (χ2n) is 4.28. The van der Waals surface area contributed by atoms with Crippen LogP contribution in [0.25, 0.3) is 0 Å². The van der Waals surface area contributed by atoms with Crippen molar-refractivity contribution in [2.75, 3.05) is 32.9 Å². The van der Waals surface area contributed by atoms with Crippen LogP contribution in [0.4, 0.5) is 0 Å². The Kier molecular flexibility index (Phi) is 4.80. The van der Waals surface area contributed by atoms with Crippen molar-refractivity contribution in [3.8, 4) is 0 Å². The Morgan fingerprint density at radius 1 is 1.58 bits per heavy atom. The minimum absolute atomic E-state index is 0.0747. The van der Waals surface area contributed by atoms with E-state index in [-0.39, 0.29) is 12.0 Å². The number of carbonyl (C=O) groups excluding carboxylic acids is 1. The summed E-state index contributed by atoms with van der Waals surface area (Å²) >= 11 is 0. The normalized spacial score (nSPS) is 19.7. The number of rotatable bonds is 5. The SMILES string of the molecule is CCOCCC(=O)N1CCOC(c2nnn(C)n2)C1. The van der Waals surface area contributed by atoms with E-state index in [2.05, 4.69) is 15.4 Å². The average Bonchev–Trinajstić information content (AvgIpc) is 2.86. The molecule has 1 fully saturated rings. The zero-order valence-electron chi connectivity index (χ0n) is 11.3. The number of nitrogens with zero attached hydrogens (tertiary/aromatic N) is 5. The Labute approximate surface area is 111 Å². The summed E-state index contributed by atoms with van der Waals surface area (Å²) in [5.74, 6) is 0.593. The summed E-state index contributed by atoms with van der Waals surface area (Å²) in [5.41, 5.74) is 0. The van der Waals surface area contributed by atoms with Gasteiger partial charge in [0.05, 0.1) is 33.2 Å². The summed E-state index contributed by atoms with van der Waals surface area (Å²) in [4.78, 5) is 15.1. The molecular formula is C11H19N5O3. The molecule has 0 spiro atoms. The lowest BCUT2D eigenvalue weighted by Gasteiger charge is -2.31. The Morgan fingerprint density at radius 3 is 3.11 bits per heavy atom. The molecule has 0 N–H and O–H groups in total. The second kappa shape index (κ2) is 6.58. The van der Waals surface area contributed by atoms with E-state index >= 15 is 0 Å². The van der Waals surface area contributed by atoms with Crippen molar-refractivity contribution in [3.63, 3.8) is 0 Å². The predicted octanol–water partition coefficient (Wildman–Crippen LogP) is -0.463. The van der Waals surface area contributed by atoms with Crippen LogP contribution >= 0.6 is 0 Å². The van der Waals surface area contributed by atoms with Crippen molar-refractivity contribution < 1.29 is 14.3 Å². The van der Waals surface area contributed by atoms with Gasteiger partial charge in [0.1, 0.15) is 6.10 Å². The molecule has 2 rings (SSSR count). The first-order valence-corrected chi connectivity index (χ1v) is 6.41. The molecule has 1 aliphatic rings. The largest absolute Gasteiger partial charge is 0.381 e. The van der Waals surface area contributed by atoms with Crippen LogP contribution in [0.5, 0.6) is 0 Å². The van der Waals surface area contributed by atoms with E-state index in [0.29, 0.717) is 45.2 Å². The third kappa shape index (κ3) is 3.71. The van der Waals surface area contributed by atoms with E-state index in [1.165, 1.54) is 4.80 Å². The van der Waals surface area contributed by atoms with E-state index < -0.39 is 0 Å². The molecule has 1 aromatic rings. The smallest absolute Gasteiger partial charge is 0.225 e. The molecular weight excluding hydrogens is 250 g/mol. The Morgan fingerprint density at radius 2 is 2.42 bits per heavy atom. The fourth-order valence-corrected chi connectivity index (χ4v) is 1.92. The second-order valence-corrected chi connectivity index (χ2v) is 4.28. The summed E-state index contributed by atoms with van der Waals surface area (Å²) in [6, 6.07) is 0. The molecule has 0 bridgehead atoms. The lowest BCUT2D eigenvalue weighted by Crippen LogP contribution is -2.42. The van der Waals surface area contributed by atoms with Gasteiger partial charge in [-0.15, -0.1) is 10.2 Å². The number of tetrazole rings is 1. The van der Waals surface area contributed by atoms with Gasteiger partial charge in [-0.25, -0.2) is 0 Å². The van der Waals surface area contributed by atoms with Crippen molar-refractivity contribution in [2.45, 2.75) is 19.4 Å². The van der Waals surface area contributed by atoms with Gasteiger partial charge in [0, 0.05) is 13.2 Å². The molecule has 106 valence electrons. The highest BCUT2D eigenvalue weighted by Gasteiger charge is 2.27.